The summed E-state index contributed by atoms with van der Waals surface area (Å²) in [5.41, 5.74) is 0. The van der Waals surface area contributed by atoms with Crippen LogP contribution in [0.1, 0.15) is 4.88 Å². The Balaban J connectivity index is 1.92. The summed E-state index contributed by atoms with van der Waals surface area (Å²) in [7, 11) is 0. The van der Waals surface area contributed by atoms with Crippen molar-refractivity contribution in [3.05, 3.63) is 22.4 Å². The molecule has 74 valence electrons. The van der Waals surface area contributed by atoms with Crippen LogP contribution < -0.4 is 0 Å². The number of carbonyl (C=O) groups excluding carboxylic acids is 1. The van der Waals surface area contributed by atoms with Gasteiger partial charge in [-0.25, -0.2) is 0 Å². The molecule has 1 N–H and O–H groups in total. The van der Waals surface area contributed by atoms with Gasteiger partial charge in [0, 0.05) is 11.4 Å². The maximum atomic E-state index is 11.3. The summed E-state index contributed by atoms with van der Waals surface area (Å²) >= 11 is 3.01. The summed E-state index contributed by atoms with van der Waals surface area (Å²) < 4.78 is 0. The Morgan fingerprint density at radius 1 is 1.57 bits per heavy atom. The number of rotatable bonds is 3. The highest BCUT2D eigenvalue weighted by Gasteiger charge is 2.26. The summed E-state index contributed by atoms with van der Waals surface area (Å²) in [6.07, 6.45) is 0.854. The van der Waals surface area contributed by atoms with Gasteiger partial charge in [-0.1, -0.05) is 17.8 Å². The molecular weight excluding hydrogens is 216 g/mol. The van der Waals surface area contributed by atoms with Gasteiger partial charge >= 0.3 is 0 Å². The third kappa shape index (κ3) is 1.99. The molecule has 1 saturated heterocycles. The van der Waals surface area contributed by atoms with E-state index in [4.69, 9.17) is 5.41 Å². The molecule has 1 aromatic heterocycles. The summed E-state index contributed by atoms with van der Waals surface area (Å²) in [5, 5.41) is 9.96. The smallest absolute Gasteiger partial charge is 0.239 e. The van der Waals surface area contributed by atoms with E-state index in [0.717, 1.165) is 6.42 Å². The van der Waals surface area contributed by atoms with Gasteiger partial charge < -0.3 is 0 Å². The lowest BCUT2D eigenvalue weighted by molar-refractivity contribution is -0.124. The van der Waals surface area contributed by atoms with Crippen molar-refractivity contribution in [2.45, 2.75) is 6.42 Å². The standard InChI is InChI=1S/C9H10N2OS2/c10-9-11(8(12)6-14-9)4-3-7-2-1-5-13-7/h1-2,5,10H,3-4,6H2. The van der Waals surface area contributed by atoms with E-state index in [1.807, 2.05) is 11.4 Å². The van der Waals surface area contributed by atoms with Crippen molar-refractivity contribution in [2.24, 2.45) is 0 Å². The van der Waals surface area contributed by atoms with E-state index in [-0.39, 0.29) is 5.91 Å². The minimum atomic E-state index is 0.0663. The van der Waals surface area contributed by atoms with E-state index < -0.39 is 0 Å². The molecular formula is C9H10N2OS2. The quantitative estimate of drug-likeness (QED) is 0.854. The van der Waals surface area contributed by atoms with Gasteiger partial charge in [-0.2, -0.15) is 0 Å². The van der Waals surface area contributed by atoms with Crippen molar-refractivity contribution in [2.75, 3.05) is 12.3 Å². The van der Waals surface area contributed by atoms with E-state index in [9.17, 15) is 4.79 Å². The highest BCUT2D eigenvalue weighted by molar-refractivity contribution is 8.14. The Hall–Kier alpha value is -0.810. The fourth-order valence-corrected chi connectivity index (χ4v) is 2.77. The molecule has 1 amide bonds. The molecule has 1 aliphatic rings. The number of thioether (sulfide) groups is 1. The Kier molecular flexibility index (Phi) is 2.88. The molecule has 1 aromatic rings. The van der Waals surface area contributed by atoms with Crippen molar-refractivity contribution in [3.8, 4) is 0 Å². The first-order valence-corrected chi connectivity index (χ1v) is 6.18. The number of amides is 1. The molecule has 0 bridgehead atoms. The van der Waals surface area contributed by atoms with Crippen molar-refractivity contribution in [1.29, 1.82) is 5.41 Å². The van der Waals surface area contributed by atoms with Crippen molar-refractivity contribution >= 4 is 34.2 Å². The lowest BCUT2D eigenvalue weighted by Gasteiger charge is -2.13. The van der Waals surface area contributed by atoms with Crippen LogP contribution in [0.25, 0.3) is 0 Å². The fraction of sp³-hybridized carbons (Fsp3) is 0.333. The summed E-state index contributed by atoms with van der Waals surface area (Å²) in [6, 6.07) is 4.06. The molecule has 0 saturated carbocycles. The largest absolute Gasteiger partial charge is 0.291 e. The zero-order valence-electron chi connectivity index (χ0n) is 7.53. The maximum Gasteiger partial charge on any atom is 0.239 e. The number of nitrogens with one attached hydrogen (secondary N) is 1. The average molecular weight is 226 g/mol. The van der Waals surface area contributed by atoms with Crippen LogP contribution in [0.5, 0.6) is 0 Å². The van der Waals surface area contributed by atoms with Crippen LogP contribution in [0.3, 0.4) is 0 Å². The molecule has 1 aliphatic heterocycles. The molecule has 14 heavy (non-hydrogen) atoms. The Bertz CT molecular complexity index is 332. The van der Waals surface area contributed by atoms with Gasteiger partial charge in [0.1, 0.15) is 0 Å². The normalized spacial score (nSPS) is 16.7. The molecule has 0 aromatic carbocycles. The second-order valence-corrected chi connectivity index (χ2v) is 4.96. The number of thiophene rings is 1. The highest BCUT2D eigenvalue weighted by Crippen LogP contribution is 2.18. The summed E-state index contributed by atoms with van der Waals surface area (Å²) in [4.78, 5) is 14.1. The predicted octanol–water partition coefficient (Wildman–Crippen LogP) is 1.80. The van der Waals surface area contributed by atoms with Crippen LogP contribution in [-0.4, -0.2) is 28.3 Å². The molecule has 1 fully saturated rings. The Morgan fingerprint density at radius 3 is 3.00 bits per heavy atom. The molecule has 2 heterocycles. The van der Waals surface area contributed by atoms with Crippen LogP contribution in [0, 0.1) is 5.41 Å². The first-order chi connectivity index (χ1) is 6.77. The predicted molar refractivity (Wildman–Crippen MR) is 59.9 cm³/mol. The third-order valence-electron chi connectivity index (χ3n) is 2.04. The van der Waals surface area contributed by atoms with E-state index >= 15 is 0 Å². The molecule has 0 spiro atoms. The maximum absolute atomic E-state index is 11.3. The number of nitrogens with zero attached hydrogens (tertiary/aromatic N) is 1. The van der Waals surface area contributed by atoms with E-state index in [0.29, 0.717) is 17.5 Å². The van der Waals surface area contributed by atoms with E-state index in [1.54, 1.807) is 16.2 Å². The minimum absolute atomic E-state index is 0.0663. The number of hydrogen-bond donors (Lipinski definition) is 1. The zero-order chi connectivity index (χ0) is 9.97. The summed E-state index contributed by atoms with van der Waals surface area (Å²) in [5.74, 6) is 0.500. The monoisotopic (exact) mass is 226 g/mol. The second-order valence-electron chi connectivity index (χ2n) is 2.97. The topological polar surface area (TPSA) is 44.2 Å². The number of amidine groups is 1. The van der Waals surface area contributed by atoms with Gasteiger partial charge in [0.15, 0.2) is 5.17 Å². The first-order valence-electron chi connectivity index (χ1n) is 4.31. The zero-order valence-corrected chi connectivity index (χ0v) is 9.16. The highest BCUT2D eigenvalue weighted by atomic mass is 32.2. The summed E-state index contributed by atoms with van der Waals surface area (Å²) in [6.45, 7) is 0.644. The molecule has 0 atom stereocenters. The van der Waals surface area contributed by atoms with Gasteiger partial charge in [-0.15, -0.1) is 11.3 Å². The lowest BCUT2D eigenvalue weighted by Crippen LogP contribution is -2.30. The Morgan fingerprint density at radius 2 is 2.43 bits per heavy atom. The van der Waals surface area contributed by atoms with Gasteiger partial charge in [-0.05, 0) is 17.9 Å². The molecule has 0 aliphatic carbocycles. The number of hydrogen-bond acceptors (Lipinski definition) is 4. The van der Waals surface area contributed by atoms with Crippen molar-refractivity contribution in [3.63, 3.8) is 0 Å². The van der Waals surface area contributed by atoms with Crippen LogP contribution in [0.2, 0.25) is 0 Å². The van der Waals surface area contributed by atoms with Crippen LogP contribution in [-0.2, 0) is 11.2 Å². The SMILES string of the molecule is N=C1SCC(=O)N1CCc1cccs1. The van der Waals surface area contributed by atoms with Gasteiger partial charge in [0.25, 0.3) is 0 Å². The molecule has 5 heteroatoms. The van der Waals surface area contributed by atoms with E-state index in [2.05, 4.69) is 6.07 Å². The molecule has 0 radical (unpaired) electrons. The second kappa shape index (κ2) is 4.14. The third-order valence-corrected chi connectivity index (χ3v) is 3.86. The molecule has 3 nitrogen and oxygen atoms in total. The van der Waals surface area contributed by atoms with Crippen molar-refractivity contribution < 1.29 is 4.79 Å². The van der Waals surface area contributed by atoms with Crippen LogP contribution >= 0.6 is 23.1 Å². The van der Waals surface area contributed by atoms with Crippen LogP contribution in [0.15, 0.2) is 17.5 Å². The van der Waals surface area contributed by atoms with Gasteiger partial charge in [0.05, 0.1) is 5.75 Å². The van der Waals surface area contributed by atoms with Crippen molar-refractivity contribution in [1.82, 2.24) is 4.90 Å². The average Bonchev–Trinajstić information content (AvgIpc) is 2.76. The number of carbonyl (C=O) groups is 1. The van der Waals surface area contributed by atoms with Gasteiger partial charge in [-0.3, -0.25) is 15.1 Å². The minimum Gasteiger partial charge on any atom is -0.291 e. The lowest BCUT2D eigenvalue weighted by atomic mass is 10.3. The van der Waals surface area contributed by atoms with Crippen LogP contribution in [0.4, 0.5) is 0 Å². The van der Waals surface area contributed by atoms with Gasteiger partial charge in [0.2, 0.25) is 5.91 Å². The fourth-order valence-electron chi connectivity index (χ4n) is 1.30. The molecule has 0 unspecified atom stereocenters. The first kappa shape index (κ1) is 9.73. The van der Waals surface area contributed by atoms with E-state index in [1.165, 1.54) is 16.6 Å². The molecule has 2 rings (SSSR count). The Labute approximate surface area is 90.6 Å².